The molecule has 0 aliphatic carbocycles. The zero-order chi connectivity index (χ0) is 13.1. The maximum absolute atomic E-state index is 12.1. The van der Waals surface area contributed by atoms with Gasteiger partial charge in [-0.25, -0.2) is 9.97 Å². The molecule has 0 saturated carbocycles. The van der Waals surface area contributed by atoms with Crippen molar-refractivity contribution in [2.45, 2.75) is 0 Å². The molecule has 0 aliphatic rings. The number of nitrogens with one attached hydrogen (secondary N) is 1. The highest BCUT2D eigenvalue weighted by atomic mass is 32.1. The topological polar surface area (TPSA) is 59.8 Å². The summed E-state index contributed by atoms with van der Waals surface area (Å²) in [5.74, 6) is 0.399. The van der Waals surface area contributed by atoms with Crippen LogP contribution in [-0.4, -0.2) is 20.4 Å². The maximum atomic E-state index is 12.1. The van der Waals surface area contributed by atoms with E-state index in [9.17, 15) is 4.79 Å². The van der Waals surface area contributed by atoms with E-state index < -0.39 is 0 Å². The minimum absolute atomic E-state index is 0.173. The predicted octanol–water partition coefficient (Wildman–Crippen LogP) is 2.58. The Labute approximate surface area is 113 Å². The minimum Gasteiger partial charge on any atom is -0.306 e. The summed E-state index contributed by atoms with van der Waals surface area (Å²) in [7, 11) is 0. The van der Waals surface area contributed by atoms with Crippen LogP contribution in [0, 0.1) is 0 Å². The van der Waals surface area contributed by atoms with Gasteiger partial charge in [-0.15, -0.1) is 11.3 Å². The van der Waals surface area contributed by atoms with Gasteiger partial charge in [-0.05, 0) is 18.2 Å². The summed E-state index contributed by atoms with van der Waals surface area (Å²) in [6.45, 7) is 0. The second-order valence-electron chi connectivity index (χ2n) is 3.85. The molecule has 3 aromatic rings. The summed E-state index contributed by atoms with van der Waals surface area (Å²) >= 11 is 1.44. The lowest BCUT2D eigenvalue weighted by molar-refractivity contribution is 0.102. The number of amides is 1. The molecule has 6 heteroatoms. The normalized spacial score (nSPS) is 10.3. The molecule has 0 unspecified atom stereocenters. The van der Waals surface area contributed by atoms with Crippen LogP contribution in [0.25, 0.3) is 5.69 Å². The van der Waals surface area contributed by atoms with Gasteiger partial charge < -0.3 is 9.88 Å². The number of thiazole rings is 1. The molecule has 0 bridgehead atoms. The number of hydrogen-bond donors (Lipinski definition) is 1. The van der Waals surface area contributed by atoms with Crippen molar-refractivity contribution >= 4 is 23.1 Å². The third-order valence-electron chi connectivity index (χ3n) is 2.58. The van der Waals surface area contributed by atoms with E-state index >= 15 is 0 Å². The molecule has 19 heavy (non-hydrogen) atoms. The summed E-state index contributed by atoms with van der Waals surface area (Å²) in [6.07, 6.45) is 5.22. The van der Waals surface area contributed by atoms with Crippen LogP contribution in [0.15, 0.2) is 53.9 Å². The molecule has 1 amide bonds. The molecule has 2 heterocycles. The van der Waals surface area contributed by atoms with Gasteiger partial charge in [0.05, 0.1) is 11.8 Å². The number of benzene rings is 1. The van der Waals surface area contributed by atoms with Gasteiger partial charge in [-0.1, -0.05) is 6.07 Å². The molecule has 0 spiro atoms. The van der Waals surface area contributed by atoms with Gasteiger partial charge in [-0.2, -0.15) is 0 Å². The van der Waals surface area contributed by atoms with Crippen molar-refractivity contribution < 1.29 is 4.79 Å². The molecule has 0 fully saturated rings. The molecular formula is C13H10N4OS. The molecule has 0 aliphatic heterocycles. The van der Waals surface area contributed by atoms with Crippen LogP contribution in [0.3, 0.4) is 0 Å². The number of carbonyl (C=O) groups is 1. The Balaban J connectivity index is 1.85. The van der Waals surface area contributed by atoms with E-state index in [0.29, 0.717) is 11.4 Å². The summed E-state index contributed by atoms with van der Waals surface area (Å²) in [6, 6.07) is 7.33. The predicted molar refractivity (Wildman–Crippen MR) is 73.6 cm³/mol. The van der Waals surface area contributed by atoms with Crippen LogP contribution in [0.4, 0.5) is 5.82 Å². The number of hydrogen-bond acceptors (Lipinski definition) is 4. The van der Waals surface area contributed by atoms with Crippen LogP contribution in [-0.2, 0) is 0 Å². The van der Waals surface area contributed by atoms with Gasteiger partial charge in [-0.3, -0.25) is 4.79 Å². The molecule has 94 valence electrons. The number of anilines is 1. The van der Waals surface area contributed by atoms with Crippen LogP contribution >= 0.6 is 11.3 Å². The van der Waals surface area contributed by atoms with E-state index in [-0.39, 0.29) is 5.91 Å². The molecule has 0 radical (unpaired) electrons. The fraction of sp³-hybridized carbons (Fsp3) is 0. The number of nitrogens with zero attached hydrogens (tertiary/aromatic N) is 3. The highest BCUT2D eigenvalue weighted by Crippen LogP contribution is 2.13. The smallest absolute Gasteiger partial charge is 0.256 e. The van der Waals surface area contributed by atoms with Crippen LogP contribution in [0.1, 0.15) is 10.4 Å². The van der Waals surface area contributed by atoms with E-state index in [1.165, 1.54) is 11.3 Å². The second-order valence-corrected chi connectivity index (χ2v) is 4.57. The molecule has 2 aromatic heterocycles. The van der Waals surface area contributed by atoms with E-state index in [2.05, 4.69) is 15.3 Å². The number of rotatable bonds is 3. The number of carbonyl (C=O) groups excluding carboxylic acids is 1. The Hall–Kier alpha value is -2.47. The number of imidazole rings is 1. The van der Waals surface area contributed by atoms with Gasteiger partial charge in [0, 0.05) is 29.0 Å². The van der Waals surface area contributed by atoms with E-state index in [1.807, 2.05) is 29.0 Å². The average molecular weight is 270 g/mol. The van der Waals surface area contributed by atoms with Crippen molar-refractivity contribution in [1.82, 2.24) is 14.5 Å². The quantitative estimate of drug-likeness (QED) is 0.795. The second kappa shape index (κ2) is 5.03. The largest absolute Gasteiger partial charge is 0.306 e. The Morgan fingerprint density at radius 2 is 2.32 bits per heavy atom. The SMILES string of the molecule is O=C(Nc1cscn1)c1cccc(-n2ccnc2)c1. The van der Waals surface area contributed by atoms with Crippen LogP contribution in [0.5, 0.6) is 0 Å². The van der Waals surface area contributed by atoms with E-state index in [4.69, 9.17) is 0 Å². The fourth-order valence-corrected chi connectivity index (χ4v) is 2.17. The standard InChI is InChI=1S/C13H10N4OS/c18-13(16-12-7-19-9-15-12)10-2-1-3-11(6-10)17-5-4-14-8-17/h1-9H,(H,16,18). The lowest BCUT2D eigenvalue weighted by Gasteiger charge is -2.05. The first kappa shape index (κ1) is 11.6. The minimum atomic E-state index is -0.173. The van der Waals surface area contributed by atoms with Crippen molar-refractivity contribution in [3.63, 3.8) is 0 Å². The van der Waals surface area contributed by atoms with Gasteiger partial charge in [0.15, 0.2) is 0 Å². The molecule has 5 nitrogen and oxygen atoms in total. The molecular weight excluding hydrogens is 260 g/mol. The Morgan fingerprint density at radius 1 is 1.37 bits per heavy atom. The lowest BCUT2D eigenvalue weighted by Crippen LogP contribution is -2.12. The molecule has 3 rings (SSSR count). The van der Waals surface area contributed by atoms with Gasteiger partial charge in [0.1, 0.15) is 5.82 Å². The van der Waals surface area contributed by atoms with Gasteiger partial charge in [0.25, 0.3) is 5.91 Å². The van der Waals surface area contributed by atoms with Gasteiger partial charge in [0.2, 0.25) is 0 Å². The Bertz CT molecular complexity index is 677. The first-order valence-electron chi connectivity index (χ1n) is 5.61. The Morgan fingerprint density at radius 3 is 3.05 bits per heavy atom. The monoisotopic (exact) mass is 270 g/mol. The molecule has 0 atom stereocenters. The van der Waals surface area contributed by atoms with E-state index in [1.54, 1.807) is 29.5 Å². The van der Waals surface area contributed by atoms with Crippen molar-refractivity contribution in [3.05, 3.63) is 59.4 Å². The highest BCUT2D eigenvalue weighted by molar-refractivity contribution is 7.07. The maximum Gasteiger partial charge on any atom is 0.256 e. The first-order valence-corrected chi connectivity index (χ1v) is 6.55. The van der Waals surface area contributed by atoms with Crippen LogP contribution in [0.2, 0.25) is 0 Å². The van der Waals surface area contributed by atoms with Crippen molar-refractivity contribution in [1.29, 1.82) is 0 Å². The zero-order valence-electron chi connectivity index (χ0n) is 9.85. The highest BCUT2D eigenvalue weighted by Gasteiger charge is 2.08. The van der Waals surface area contributed by atoms with Crippen molar-refractivity contribution in [3.8, 4) is 5.69 Å². The molecule has 0 saturated heterocycles. The third kappa shape index (κ3) is 2.53. The zero-order valence-corrected chi connectivity index (χ0v) is 10.7. The van der Waals surface area contributed by atoms with Crippen molar-refractivity contribution in [2.24, 2.45) is 0 Å². The third-order valence-corrected chi connectivity index (χ3v) is 3.17. The van der Waals surface area contributed by atoms with Crippen LogP contribution < -0.4 is 5.32 Å². The van der Waals surface area contributed by atoms with Gasteiger partial charge >= 0.3 is 0 Å². The summed E-state index contributed by atoms with van der Waals surface area (Å²) < 4.78 is 1.85. The lowest BCUT2D eigenvalue weighted by atomic mass is 10.2. The number of aromatic nitrogens is 3. The fourth-order valence-electron chi connectivity index (χ4n) is 1.68. The first-order chi connectivity index (χ1) is 9.33. The van der Waals surface area contributed by atoms with E-state index in [0.717, 1.165) is 5.69 Å². The Kier molecular flexibility index (Phi) is 3.07. The summed E-state index contributed by atoms with van der Waals surface area (Å²) in [5, 5.41) is 4.54. The summed E-state index contributed by atoms with van der Waals surface area (Å²) in [5.41, 5.74) is 3.15. The summed E-state index contributed by atoms with van der Waals surface area (Å²) in [4.78, 5) is 20.1. The van der Waals surface area contributed by atoms with Crippen molar-refractivity contribution in [2.75, 3.05) is 5.32 Å². The molecule has 1 N–H and O–H groups in total. The average Bonchev–Trinajstić information content (AvgIpc) is 3.12. The molecule has 1 aromatic carbocycles.